The summed E-state index contributed by atoms with van der Waals surface area (Å²) in [6.07, 6.45) is 7.64. The fraction of sp³-hybridized carbons (Fsp3) is 0.905. The van der Waals surface area contributed by atoms with Crippen molar-refractivity contribution in [3.63, 3.8) is 0 Å². The number of nitrogens with zero attached hydrogens (tertiary/aromatic N) is 4. The van der Waals surface area contributed by atoms with Crippen molar-refractivity contribution < 1.29 is 20.4 Å². The summed E-state index contributed by atoms with van der Waals surface area (Å²) < 4.78 is 2.02. The molecule has 4 aliphatic carbocycles. The summed E-state index contributed by atoms with van der Waals surface area (Å²) in [6, 6.07) is -0.574. The van der Waals surface area contributed by atoms with Crippen LogP contribution in [0.3, 0.4) is 0 Å². The van der Waals surface area contributed by atoms with Crippen molar-refractivity contribution in [1.29, 1.82) is 0 Å². The highest BCUT2D eigenvalue weighted by Crippen LogP contribution is 2.60. The molecule has 4 saturated carbocycles. The minimum absolute atomic E-state index is 0.227. The van der Waals surface area contributed by atoms with E-state index in [0.717, 1.165) is 30.0 Å². The molecular formula is C21H34N4O4. The van der Waals surface area contributed by atoms with Crippen LogP contribution in [-0.4, -0.2) is 84.4 Å². The summed E-state index contributed by atoms with van der Waals surface area (Å²) in [4.78, 5) is 1.83. The summed E-state index contributed by atoms with van der Waals surface area (Å²) in [5, 5.41) is 48.3. The van der Waals surface area contributed by atoms with E-state index in [-0.39, 0.29) is 13.2 Å². The van der Waals surface area contributed by atoms with Gasteiger partial charge in [0.15, 0.2) is 0 Å². The minimum Gasteiger partial charge on any atom is -0.395 e. The molecule has 1 aliphatic heterocycles. The maximum absolute atomic E-state index is 10.1. The predicted molar refractivity (Wildman–Crippen MR) is 105 cm³/mol. The Labute approximate surface area is 171 Å². The third-order valence-corrected chi connectivity index (χ3v) is 8.12. The molecule has 0 spiro atoms. The van der Waals surface area contributed by atoms with Crippen LogP contribution in [-0.2, 0) is 13.0 Å². The maximum atomic E-state index is 10.1. The first kappa shape index (κ1) is 19.9. The lowest BCUT2D eigenvalue weighted by Gasteiger charge is -2.56. The molecule has 0 aromatic carbocycles. The number of aliphatic hydroxyl groups excluding tert-OH is 4. The molecular weight excluding hydrogens is 372 g/mol. The average Bonchev–Trinajstić information content (AvgIpc) is 3.10. The van der Waals surface area contributed by atoms with Gasteiger partial charge in [-0.25, -0.2) is 0 Å². The Balaban J connectivity index is 1.20. The summed E-state index contributed by atoms with van der Waals surface area (Å²) in [7, 11) is 0. The number of aromatic nitrogens is 3. The van der Waals surface area contributed by atoms with Crippen LogP contribution in [0.15, 0.2) is 6.20 Å². The van der Waals surface area contributed by atoms with E-state index < -0.39 is 24.4 Å². The van der Waals surface area contributed by atoms with Crippen molar-refractivity contribution in [1.82, 2.24) is 19.9 Å². The zero-order valence-electron chi connectivity index (χ0n) is 17.0. The van der Waals surface area contributed by atoms with Gasteiger partial charge in [0.05, 0.1) is 24.4 Å². The lowest BCUT2D eigenvalue weighted by molar-refractivity contribution is -0.144. The molecule has 5 fully saturated rings. The van der Waals surface area contributed by atoms with Crippen LogP contribution in [0.5, 0.6) is 0 Å². The van der Waals surface area contributed by atoms with Gasteiger partial charge in [-0.15, -0.1) is 5.10 Å². The number of hydrogen-bond donors (Lipinski definition) is 4. The Morgan fingerprint density at radius 3 is 2.28 bits per heavy atom. The average molecular weight is 407 g/mol. The molecule has 5 aliphatic rings. The second-order valence-electron chi connectivity index (χ2n) is 10.4. The number of likely N-dealkylation sites (tertiary alicyclic amines) is 1. The lowest BCUT2D eigenvalue weighted by atomic mass is 9.49. The van der Waals surface area contributed by atoms with E-state index in [4.69, 9.17) is 0 Å². The number of β-amino-alcohol motifs (C(OH)–C–C–N with tert-alkyl or cyclic N) is 1. The molecule has 4 bridgehead atoms. The molecule has 0 radical (unpaired) electrons. The maximum Gasteiger partial charge on any atom is 0.109 e. The van der Waals surface area contributed by atoms with E-state index in [1.54, 1.807) is 0 Å². The lowest BCUT2D eigenvalue weighted by Crippen LogP contribution is -2.62. The van der Waals surface area contributed by atoms with Crippen LogP contribution in [0.4, 0.5) is 0 Å². The molecule has 1 saturated heterocycles. The topological polar surface area (TPSA) is 115 Å². The quantitative estimate of drug-likeness (QED) is 0.517. The van der Waals surface area contributed by atoms with Crippen LogP contribution in [0.2, 0.25) is 0 Å². The number of aliphatic hydroxyl groups is 4. The zero-order valence-corrected chi connectivity index (χ0v) is 17.0. The van der Waals surface area contributed by atoms with Gasteiger partial charge in [-0.2, -0.15) is 0 Å². The molecule has 1 aromatic rings. The second kappa shape index (κ2) is 7.57. The first-order chi connectivity index (χ1) is 13.9. The van der Waals surface area contributed by atoms with E-state index in [2.05, 4.69) is 10.3 Å². The molecule has 8 nitrogen and oxygen atoms in total. The van der Waals surface area contributed by atoms with Crippen LogP contribution in [0.1, 0.15) is 44.2 Å². The first-order valence-electron chi connectivity index (χ1n) is 11.2. The van der Waals surface area contributed by atoms with Crippen molar-refractivity contribution >= 4 is 0 Å². The van der Waals surface area contributed by atoms with Gasteiger partial charge in [0, 0.05) is 32.3 Å². The summed E-state index contributed by atoms with van der Waals surface area (Å²) >= 11 is 0. The van der Waals surface area contributed by atoms with Crippen molar-refractivity contribution in [2.45, 2.75) is 75.8 Å². The third kappa shape index (κ3) is 3.74. The Morgan fingerprint density at radius 1 is 1.00 bits per heavy atom. The summed E-state index contributed by atoms with van der Waals surface area (Å²) in [5.74, 6) is 2.77. The largest absolute Gasteiger partial charge is 0.395 e. The number of hydrogen-bond acceptors (Lipinski definition) is 7. The van der Waals surface area contributed by atoms with Gasteiger partial charge in [-0.1, -0.05) is 5.21 Å². The Hall–Kier alpha value is -1.06. The van der Waals surface area contributed by atoms with E-state index in [0.29, 0.717) is 18.4 Å². The molecule has 4 atom stereocenters. The first-order valence-corrected chi connectivity index (χ1v) is 11.2. The van der Waals surface area contributed by atoms with Gasteiger partial charge in [0.25, 0.3) is 0 Å². The Kier molecular flexibility index (Phi) is 5.19. The molecule has 162 valence electrons. The molecule has 6 rings (SSSR count). The van der Waals surface area contributed by atoms with Crippen molar-refractivity contribution in [2.24, 2.45) is 23.2 Å². The summed E-state index contributed by atoms with van der Waals surface area (Å²) in [5.41, 5.74) is 1.31. The molecule has 1 aromatic heterocycles. The van der Waals surface area contributed by atoms with Crippen LogP contribution < -0.4 is 0 Å². The molecule has 2 heterocycles. The molecule has 0 amide bonds. The highest BCUT2D eigenvalue weighted by atomic mass is 16.4. The van der Waals surface area contributed by atoms with Gasteiger partial charge in [0.2, 0.25) is 0 Å². The van der Waals surface area contributed by atoms with Crippen molar-refractivity contribution in [3.05, 3.63) is 11.9 Å². The van der Waals surface area contributed by atoms with Crippen molar-refractivity contribution in [3.8, 4) is 0 Å². The van der Waals surface area contributed by atoms with Gasteiger partial charge in [0.1, 0.15) is 12.2 Å². The van der Waals surface area contributed by atoms with E-state index >= 15 is 0 Å². The zero-order chi connectivity index (χ0) is 20.2. The van der Waals surface area contributed by atoms with E-state index in [1.807, 2.05) is 15.8 Å². The highest BCUT2D eigenvalue weighted by Gasteiger charge is 2.51. The van der Waals surface area contributed by atoms with Crippen LogP contribution in [0.25, 0.3) is 0 Å². The SMILES string of the molecule is OC[C@@H]1[C@@H](O)[C@H](O)[C@@H](O)CN1CCc1cn(CC23CC4CC(CC(C4)C2)C3)nn1. The Morgan fingerprint density at radius 2 is 1.66 bits per heavy atom. The predicted octanol–water partition coefficient (Wildman–Crippen LogP) is -0.204. The van der Waals surface area contributed by atoms with Gasteiger partial charge in [-0.3, -0.25) is 9.58 Å². The van der Waals surface area contributed by atoms with Crippen molar-refractivity contribution in [2.75, 3.05) is 19.7 Å². The Bertz CT molecular complexity index is 690. The molecule has 0 unspecified atom stereocenters. The molecule has 8 heteroatoms. The molecule has 4 N–H and O–H groups in total. The monoisotopic (exact) mass is 406 g/mol. The number of piperidine rings is 1. The van der Waals surface area contributed by atoms with Crippen LogP contribution >= 0.6 is 0 Å². The standard InChI is InChI=1S/C21H34N4O4/c26-11-17-19(28)20(29)18(27)10-24(17)2-1-16-9-25(23-22-16)12-21-6-13-3-14(7-21)5-15(4-13)8-21/h9,13-15,17-20,26-29H,1-8,10-12H2/t13?,14?,15?,17-,18+,19-,20-,21?/m1/s1. The fourth-order valence-corrected chi connectivity index (χ4v) is 7.25. The fourth-order valence-electron chi connectivity index (χ4n) is 7.25. The van der Waals surface area contributed by atoms with Crippen LogP contribution in [0, 0.1) is 23.2 Å². The van der Waals surface area contributed by atoms with Gasteiger partial charge < -0.3 is 20.4 Å². The van der Waals surface area contributed by atoms with E-state index in [1.165, 1.54) is 38.5 Å². The molecule has 29 heavy (non-hydrogen) atoms. The summed E-state index contributed by atoms with van der Waals surface area (Å²) in [6.45, 7) is 1.48. The smallest absolute Gasteiger partial charge is 0.109 e. The second-order valence-corrected chi connectivity index (χ2v) is 10.4. The van der Waals surface area contributed by atoms with E-state index in [9.17, 15) is 20.4 Å². The third-order valence-electron chi connectivity index (χ3n) is 8.12. The highest BCUT2D eigenvalue weighted by molar-refractivity contribution is 5.03. The normalized spacial score (nSPS) is 44.5. The van der Waals surface area contributed by atoms with Gasteiger partial charge >= 0.3 is 0 Å². The van der Waals surface area contributed by atoms with Gasteiger partial charge in [-0.05, 0) is 61.7 Å². The minimum atomic E-state index is -1.22. The number of rotatable bonds is 6.